The summed E-state index contributed by atoms with van der Waals surface area (Å²) < 4.78 is 1.47. The average Bonchev–Trinajstić information content (AvgIpc) is 2.48. The summed E-state index contributed by atoms with van der Waals surface area (Å²) in [6.07, 6.45) is 4.92. The third-order valence-corrected chi connectivity index (χ3v) is 2.87. The van der Waals surface area contributed by atoms with E-state index in [-0.39, 0.29) is 18.4 Å². The van der Waals surface area contributed by atoms with Crippen LogP contribution in [0.3, 0.4) is 0 Å². The summed E-state index contributed by atoms with van der Waals surface area (Å²) in [5.41, 5.74) is 5.36. The van der Waals surface area contributed by atoms with Crippen LogP contribution >= 0.6 is 0 Å². The Morgan fingerprint density at radius 2 is 2.47 bits per heavy atom. The molecule has 0 atom stereocenters. The minimum Gasteiger partial charge on any atom is -0.367 e. The molecule has 1 aromatic rings. The molecule has 1 aliphatic rings. The Labute approximate surface area is 88.1 Å². The zero-order chi connectivity index (χ0) is 10.8. The molecule has 6 heteroatoms. The highest BCUT2D eigenvalue weighted by molar-refractivity contribution is 5.76. The molecule has 1 aliphatic carbocycles. The Hall–Kier alpha value is -1.59. The molecule has 0 radical (unpaired) electrons. The van der Waals surface area contributed by atoms with Crippen molar-refractivity contribution in [2.45, 2.75) is 31.8 Å². The van der Waals surface area contributed by atoms with Crippen LogP contribution in [-0.4, -0.2) is 38.7 Å². The molecule has 82 valence electrons. The molecule has 0 aliphatic heterocycles. The highest BCUT2D eigenvalue weighted by Crippen LogP contribution is 2.23. The van der Waals surface area contributed by atoms with Gasteiger partial charge in [-0.15, -0.1) is 5.10 Å². The van der Waals surface area contributed by atoms with Crippen LogP contribution in [0.2, 0.25) is 0 Å². The van der Waals surface area contributed by atoms with Gasteiger partial charge in [0.15, 0.2) is 0 Å². The number of carbonyl (C=O) groups excluding carboxylic acids is 1. The van der Waals surface area contributed by atoms with Crippen molar-refractivity contribution >= 4 is 11.9 Å². The van der Waals surface area contributed by atoms with Crippen LogP contribution in [0.5, 0.6) is 0 Å². The first kappa shape index (κ1) is 9.95. The van der Waals surface area contributed by atoms with E-state index in [0.29, 0.717) is 6.04 Å². The Morgan fingerprint density at radius 1 is 1.73 bits per heavy atom. The van der Waals surface area contributed by atoms with Crippen LogP contribution in [0.4, 0.5) is 5.95 Å². The SMILES string of the molecule is CN(C(=O)Cn1cnc(N)n1)C1CCC1. The van der Waals surface area contributed by atoms with Gasteiger partial charge in [0.05, 0.1) is 0 Å². The van der Waals surface area contributed by atoms with Crippen molar-refractivity contribution in [3.63, 3.8) is 0 Å². The zero-order valence-corrected chi connectivity index (χ0v) is 8.76. The maximum atomic E-state index is 11.8. The fourth-order valence-corrected chi connectivity index (χ4v) is 1.61. The lowest BCUT2D eigenvalue weighted by molar-refractivity contribution is -0.134. The van der Waals surface area contributed by atoms with Crippen LogP contribution in [0.15, 0.2) is 6.33 Å². The van der Waals surface area contributed by atoms with Crippen molar-refractivity contribution in [1.29, 1.82) is 0 Å². The predicted molar refractivity (Wildman–Crippen MR) is 54.8 cm³/mol. The van der Waals surface area contributed by atoms with Crippen molar-refractivity contribution in [2.24, 2.45) is 0 Å². The predicted octanol–water partition coefficient (Wildman–Crippen LogP) is -0.129. The van der Waals surface area contributed by atoms with E-state index in [1.165, 1.54) is 17.4 Å². The summed E-state index contributed by atoms with van der Waals surface area (Å²) in [5.74, 6) is 0.263. The Bertz CT molecular complexity index is 357. The summed E-state index contributed by atoms with van der Waals surface area (Å²) in [6.45, 7) is 0.219. The quantitative estimate of drug-likeness (QED) is 0.752. The molecule has 0 spiro atoms. The summed E-state index contributed by atoms with van der Waals surface area (Å²) in [5, 5.41) is 3.87. The maximum Gasteiger partial charge on any atom is 0.244 e. The number of hydrogen-bond donors (Lipinski definition) is 1. The topological polar surface area (TPSA) is 77.0 Å². The van der Waals surface area contributed by atoms with E-state index in [0.717, 1.165) is 12.8 Å². The van der Waals surface area contributed by atoms with Crippen molar-refractivity contribution in [3.8, 4) is 0 Å². The van der Waals surface area contributed by atoms with E-state index in [2.05, 4.69) is 10.1 Å². The van der Waals surface area contributed by atoms with Crippen molar-refractivity contribution in [1.82, 2.24) is 19.7 Å². The number of nitrogen functional groups attached to an aromatic ring is 1. The normalized spacial score (nSPS) is 16.1. The molecule has 2 N–H and O–H groups in total. The first-order chi connectivity index (χ1) is 7.16. The molecular weight excluding hydrogens is 194 g/mol. The van der Waals surface area contributed by atoms with Gasteiger partial charge in [0.25, 0.3) is 0 Å². The lowest BCUT2D eigenvalue weighted by atomic mass is 9.92. The first-order valence-electron chi connectivity index (χ1n) is 5.07. The van der Waals surface area contributed by atoms with E-state index in [9.17, 15) is 4.79 Å². The molecule has 1 heterocycles. The minimum atomic E-state index is 0.0598. The highest BCUT2D eigenvalue weighted by Gasteiger charge is 2.25. The maximum absolute atomic E-state index is 11.8. The number of carbonyl (C=O) groups is 1. The standard InChI is InChI=1S/C9H15N5O/c1-13(7-3-2-4-7)8(15)5-14-6-11-9(10)12-14/h6-7H,2-5H2,1H3,(H2,10,12). The van der Waals surface area contributed by atoms with E-state index in [1.807, 2.05) is 7.05 Å². The Balaban J connectivity index is 1.91. The second-order valence-electron chi connectivity index (χ2n) is 3.89. The second-order valence-corrected chi connectivity index (χ2v) is 3.89. The molecular formula is C9H15N5O. The van der Waals surface area contributed by atoms with Gasteiger partial charge in [-0.1, -0.05) is 0 Å². The monoisotopic (exact) mass is 209 g/mol. The highest BCUT2D eigenvalue weighted by atomic mass is 16.2. The van der Waals surface area contributed by atoms with E-state index >= 15 is 0 Å². The van der Waals surface area contributed by atoms with Gasteiger partial charge in [0.2, 0.25) is 11.9 Å². The van der Waals surface area contributed by atoms with Gasteiger partial charge in [-0.25, -0.2) is 9.67 Å². The first-order valence-corrected chi connectivity index (χ1v) is 5.07. The van der Waals surface area contributed by atoms with Gasteiger partial charge in [-0.2, -0.15) is 0 Å². The van der Waals surface area contributed by atoms with Gasteiger partial charge in [0.1, 0.15) is 12.9 Å². The fourth-order valence-electron chi connectivity index (χ4n) is 1.61. The average molecular weight is 209 g/mol. The van der Waals surface area contributed by atoms with Gasteiger partial charge in [-0.05, 0) is 19.3 Å². The van der Waals surface area contributed by atoms with Gasteiger partial charge in [0, 0.05) is 13.1 Å². The molecule has 1 saturated carbocycles. The number of nitrogens with zero attached hydrogens (tertiary/aromatic N) is 4. The van der Waals surface area contributed by atoms with Crippen LogP contribution in [-0.2, 0) is 11.3 Å². The molecule has 0 bridgehead atoms. The number of anilines is 1. The lowest BCUT2D eigenvalue weighted by Crippen LogP contribution is -2.42. The smallest absolute Gasteiger partial charge is 0.244 e. The second kappa shape index (κ2) is 3.88. The van der Waals surface area contributed by atoms with Crippen LogP contribution < -0.4 is 5.73 Å². The molecule has 1 aromatic heterocycles. The summed E-state index contributed by atoms with van der Waals surface area (Å²) in [4.78, 5) is 17.3. The number of aromatic nitrogens is 3. The number of nitrogens with two attached hydrogens (primary N) is 1. The van der Waals surface area contributed by atoms with E-state index < -0.39 is 0 Å². The molecule has 0 saturated heterocycles. The largest absolute Gasteiger partial charge is 0.367 e. The summed E-state index contributed by atoms with van der Waals surface area (Å²) in [7, 11) is 1.84. The third-order valence-electron chi connectivity index (χ3n) is 2.87. The zero-order valence-electron chi connectivity index (χ0n) is 8.76. The van der Waals surface area contributed by atoms with Crippen LogP contribution in [0.1, 0.15) is 19.3 Å². The number of hydrogen-bond acceptors (Lipinski definition) is 4. The molecule has 0 unspecified atom stereocenters. The molecule has 0 aromatic carbocycles. The summed E-state index contributed by atoms with van der Waals surface area (Å²) >= 11 is 0. The molecule has 15 heavy (non-hydrogen) atoms. The third kappa shape index (κ3) is 2.08. The van der Waals surface area contributed by atoms with Crippen molar-refractivity contribution in [3.05, 3.63) is 6.33 Å². The summed E-state index contributed by atoms with van der Waals surface area (Å²) in [6, 6.07) is 0.415. The molecule has 2 rings (SSSR count). The lowest BCUT2D eigenvalue weighted by Gasteiger charge is -2.34. The number of amides is 1. The Morgan fingerprint density at radius 3 is 2.93 bits per heavy atom. The van der Waals surface area contributed by atoms with Crippen LogP contribution in [0, 0.1) is 0 Å². The minimum absolute atomic E-state index is 0.0598. The number of likely N-dealkylation sites (N-methyl/N-ethyl adjacent to an activating group) is 1. The van der Waals surface area contributed by atoms with Gasteiger partial charge < -0.3 is 10.6 Å². The van der Waals surface area contributed by atoms with Crippen LogP contribution in [0.25, 0.3) is 0 Å². The fraction of sp³-hybridized carbons (Fsp3) is 0.667. The van der Waals surface area contributed by atoms with Crippen molar-refractivity contribution in [2.75, 3.05) is 12.8 Å². The van der Waals surface area contributed by atoms with Gasteiger partial charge >= 0.3 is 0 Å². The van der Waals surface area contributed by atoms with Crippen molar-refractivity contribution < 1.29 is 4.79 Å². The molecule has 6 nitrogen and oxygen atoms in total. The molecule has 1 fully saturated rings. The molecule has 1 amide bonds. The number of rotatable bonds is 3. The van der Waals surface area contributed by atoms with E-state index in [4.69, 9.17) is 5.73 Å². The Kier molecular flexibility index (Phi) is 2.57. The van der Waals surface area contributed by atoms with E-state index in [1.54, 1.807) is 4.90 Å². The van der Waals surface area contributed by atoms with Gasteiger partial charge in [-0.3, -0.25) is 4.79 Å².